The van der Waals surface area contributed by atoms with Crippen LogP contribution in [0, 0.1) is 6.92 Å². The Labute approximate surface area is 120 Å². The zero-order valence-electron chi connectivity index (χ0n) is 10.8. The molecule has 0 saturated carbocycles. The van der Waals surface area contributed by atoms with Gasteiger partial charge in [-0.3, -0.25) is 0 Å². The van der Waals surface area contributed by atoms with Gasteiger partial charge in [-0.05, 0) is 36.8 Å². The molecule has 3 N–H and O–H groups in total. The predicted molar refractivity (Wildman–Crippen MR) is 74.8 cm³/mol. The number of anilines is 1. The van der Waals surface area contributed by atoms with Crippen molar-refractivity contribution in [3.63, 3.8) is 0 Å². The lowest BCUT2D eigenvalue weighted by molar-refractivity contribution is -0.138. The number of halogens is 1. The summed E-state index contributed by atoms with van der Waals surface area (Å²) >= 11 is 5.86. The Hall–Kier alpha value is -1.98. The van der Waals surface area contributed by atoms with Gasteiger partial charge in [-0.1, -0.05) is 11.6 Å². The molecule has 0 aliphatic rings. The molecule has 0 fully saturated rings. The number of hydrogen-bond donors (Lipinski definition) is 3. The van der Waals surface area contributed by atoms with Gasteiger partial charge in [0, 0.05) is 16.3 Å². The van der Waals surface area contributed by atoms with E-state index in [4.69, 9.17) is 21.1 Å². The van der Waals surface area contributed by atoms with E-state index >= 15 is 0 Å². The number of aliphatic carboxylic acids is 1. The van der Waals surface area contributed by atoms with Crippen LogP contribution in [0.25, 0.3) is 0 Å². The van der Waals surface area contributed by atoms with Crippen LogP contribution in [-0.4, -0.2) is 16.2 Å². The molecule has 2 rings (SSSR count). The number of benzene rings is 1. The molecule has 1 unspecified atom stereocenters. The summed E-state index contributed by atoms with van der Waals surface area (Å²) in [4.78, 5) is 11.4. The van der Waals surface area contributed by atoms with Gasteiger partial charge in [0.05, 0.1) is 12.9 Å². The molecule has 0 amide bonds. The van der Waals surface area contributed by atoms with E-state index in [-0.39, 0.29) is 12.4 Å². The molecule has 2 aromatic rings. The highest BCUT2D eigenvalue weighted by Gasteiger charge is 2.24. The number of rotatable bonds is 5. The van der Waals surface area contributed by atoms with E-state index < -0.39 is 12.0 Å². The fourth-order valence-corrected chi connectivity index (χ4v) is 2.05. The monoisotopic (exact) mass is 295 g/mol. The van der Waals surface area contributed by atoms with Crippen LogP contribution >= 0.6 is 11.6 Å². The minimum atomic E-state index is -1.07. The fraction of sp³-hybridized carbons (Fsp3) is 0.214. The molecule has 0 spiro atoms. The Morgan fingerprint density at radius 3 is 2.75 bits per heavy atom. The summed E-state index contributed by atoms with van der Waals surface area (Å²) in [6, 6.07) is 5.61. The molecular formula is C14H14ClNO4. The number of carboxylic acids is 1. The van der Waals surface area contributed by atoms with Gasteiger partial charge < -0.3 is 19.9 Å². The van der Waals surface area contributed by atoms with Crippen molar-refractivity contribution in [3.05, 3.63) is 52.4 Å². The summed E-state index contributed by atoms with van der Waals surface area (Å²) in [5.41, 5.74) is 2.02. The van der Waals surface area contributed by atoms with Crippen LogP contribution in [0.1, 0.15) is 22.9 Å². The first kappa shape index (κ1) is 14.4. The van der Waals surface area contributed by atoms with E-state index in [0.29, 0.717) is 16.3 Å². The van der Waals surface area contributed by atoms with Crippen molar-refractivity contribution in [1.82, 2.24) is 0 Å². The number of aryl methyl sites for hydroxylation is 1. The van der Waals surface area contributed by atoms with E-state index in [1.807, 2.05) is 6.92 Å². The smallest absolute Gasteiger partial charge is 0.334 e. The average Bonchev–Trinajstić information content (AvgIpc) is 2.86. The van der Waals surface area contributed by atoms with E-state index in [2.05, 4.69) is 5.32 Å². The third-order valence-corrected chi connectivity index (χ3v) is 3.11. The number of aliphatic hydroxyl groups excluding tert-OH is 1. The molecule has 5 nitrogen and oxygen atoms in total. The summed E-state index contributed by atoms with van der Waals surface area (Å²) in [7, 11) is 0. The Bertz CT molecular complexity index is 623. The van der Waals surface area contributed by atoms with Crippen LogP contribution in [0.3, 0.4) is 0 Å². The molecule has 6 heteroatoms. The first-order valence-electron chi connectivity index (χ1n) is 5.95. The Kier molecular flexibility index (Phi) is 4.32. The maximum absolute atomic E-state index is 11.4. The zero-order chi connectivity index (χ0) is 14.7. The highest BCUT2D eigenvalue weighted by molar-refractivity contribution is 6.30. The molecule has 20 heavy (non-hydrogen) atoms. The predicted octanol–water partition coefficient (Wildman–Crippen LogP) is 2.97. The molecule has 0 radical (unpaired) electrons. The summed E-state index contributed by atoms with van der Waals surface area (Å²) in [6.45, 7) is 1.63. The molecule has 106 valence electrons. The minimum Gasteiger partial charge on any atom is -0.479 e. The number of hydrogen-bond acceptors (Lipinski definition) is 4. The fourth-order valence-electron chi connectivity index (χ4n) is 1.83. The second-order valence-corrected chi connectivity index (χ2v) is 4.83. The minimum absolute atomic E-state index is 0.199. The van der Waals surface area contributed by atoms with Gasteiger partial charge in [-0.2, -0.15) is 0 Å². The maximum Gasteiger partial charge on any atom is 0.334 e. The molecular weight excluding hydrogens is 282 g/mol. The molecule has 0 saturated heterocycles. The number of carbonyl (C=O) groups is 1. The molecule has 1 aromatic heterocycles. The first-order chi connectivity index (χ1) is 9.51. The summed E-state index contributed by atoms with van der Waals surface area (Å²) in [6.07, 6.45) is 1.33. The quantitative estimate of drug-likeness (QED) is 0.790. The zero-order valence-corrected chi connectivity index (χ0v) is 11.5. The van der Waals surface area contributed by atoms with Crippen LogP contribution in [-0.2, 0) is 11.4 Å². The van der Waals surface area contributed by atoms with Crippen LogP contribution in [0.4, 0.5) is 5.69 Å². The van der Waals surface area contributed by atoms with Gasteiger partial charge >= 0.3 is 5.97 Å². The molecule has 0 bridgehead atoms. The van der Waals surface area contributed by atoms with Crippen molar-refractivity contribution in [1.29, 1.82) is 0 Å². The van der Waals surface area contributed by atoms with Crippen LogP contribution in [0.5, 0.6) is 0 Å². The second-order valence-electron chi connectivity index (χ2n) is 4.39. The molecule has 1 heterocycles. The largest absolute Gasteiger partial charge is 0.479 e. The Morgan fingerprint density at radius 1 is 1.45 bits per heavy atom. The first-order valence-corrected chi connectivity index (χ1v) is 6.32. The average molecular weight is 296 g/mol. The Balaban J connectivity index is 2.27. The van der Waals surface area contributed by atoms with E-state index in [0.717, 1.165) is 5.56 Å². The highest BCUT2D eigenvalue weighted by Crippen LogP contribution is 2.26. The van der Waals surface area contributed by atoms with Crippen molar-refractivity contribution in [3.8, 4) is 0 Å². The standard InChI is InChI=1S/C14H14ClNO4/c1-8-4-10(15)2-3-11(8)16-13(14(18)19)12-5-9(6-17)7-20-12/h2-5,7,13,16-17H,6H2,1H3,(H,18,19). The maximum atomic E-state index is 11.4. The summed E-state index contributed by atoms with van der Waals surface area (Å²) in [5.74, 6) is -0.839. The highest BCUT2D eigenvalue weighted by atomic mass is 35.5. The topological polar surface area (TPSA) is 82.7 Å². The SMILES string of the molecule is Cc1cc(Cl)ccc1NC(C(=O)O)c1cc(CO)co1. The van der Waals surface area contributed by atoms with Crippen molar-refractivity contribution >= 4 is 23.3 Å². The van der Waals surface area contributed by atoms with Crippen LogP contribution in [0.15, 0.2) is 34.9 Å². The van der Waals surface area contributed by atoms with Crippen molar-refractivity contribution in [2.45, 2.75) is 19.6 Å². The number of nitrogens with one attached hydrogen (secondary N) is 1. The lowest BCUT2D eigenvalue weighted by Crippen LogP contribution is -2.20. The van der Waals surface area contributed by atoms with E-state index in [9.17, 15) is 9.90 Å². The van der Waals surface area contributed by atoms with E-state index in [1.165, 1.54) is 12.3 Å². The third-order valence-electron chi connectivity index (χ3n) is 2.88. The normalized spacial score (nSPS) is 12.2. The third kappa shape index (κ3) is 3.12. The summed E-state index contributed by atoms with van der Waals surface area (Å²) in [5, 5.41) is 21.8. The number of carboxylic acid groups (broad SMARTS) is 1. The van der Waals surface area contributed by atoms with Gasteiger partial charge in [0.2, 0.25) is 0 Å². The van der Waals surface area contributed by atoms with Gasteiger partial charge in [0.1, 0.15) is 5.76 Å². The van der Waals surface area contributed by atoms with Crippen LogP contribution < -0.4 is 5.32 Å². The van der Waals surface area contributed by atoms with Gasteiger partial charge in [-0.25, -0.2) is 4.79 Å². The van der Waals surface area contributed by atoms with Crippen molar-refractivity contribution in [2.75, 3.05) is 5.32 Å². The van der Waals surface area contributed by atoms with Gasteiger partial charge in [0.15, 0.2) is 6.04 Å². The molecule has 0 aliphatic carbocycles. The van der Waals surface area contributed by atoms with Crippen LogP contribution in [0.2, 0.25) is 5.02 Å². The van der Waals surface area contributed by atoms with Gasteiger partial charge in [-0.15, -0.1) is 0 Å². The summed E-state index contributed by atoms with van der Waals surface area (Å²) < 4.78 is 5.19. The molecule has 1 atom stereocenters. The number of aliphatic hydroxyl groups is 1. The van der Waals surface area contributed by atoms with Crippen molar-refractivity contribution in [2.24, 2.45) is 0 Å². The Morgan fingerprint density at radius 2 is 2.20 bits per heavy atom. The molecule has 0 aliphatic heterocycles. The van der Waals surface area contributed by atoms with Crippen molar-refractivity contribution < 1.29 is 19.4 Å². The number of furan rings is 1. The lowest BCUT2D eigenvalue weighted by atomic mass is 10.1. The second kappa shape index (κ2) is 5.98. The van der Waals surface area contributed by atoms with E-state index in [1.54, 1.807) is 18.2 Å². The lowest BCUT2D eigenvalue weighted by Gasteiger charge is -2.15. The molecule has 1 aromatic carbocycles. The van der Waals surface area contributed by atoms with Gasteiger partial charge in [0.25, 0.3) is 0 Å².